The third kappa shape index (κ3) is 6.24. The van der Waals surface area contributed by atoms with Crippen LogP contribution in [0.15, 0.2) is 54.6 Å². The first-order valence-electron chi connectivity index (χ1n) is 9.68. The number of carbonyl (C=O) groups excluding carboxylic acids is 2. The average Bonchev–Trinajstić information content (AvgIpc) is 2.72. The average molecular weight is 367 g/mol. The number of carbonyl (C=O) groups is 2. The van der Waals surface area contributed by atoms with E-state index in [-0.39, 0.29) is 11.8 Å². The summed E-state index contributed by atoms with van der Waals surface area (Å²) in [4.78, 5) is 26.7. The molecule has 1 atom stereocenters. The molecule has 0 spiro atoms. The van der Waals surface area contributed by atoms with Crippen molar-refractivity contribution in [1.29, 1.82) is 0 Å². The van der Waals surface area contributed by atoms with Gasteiger partial charge in [-0.05, 0) is 42.9 Å². The summed E-state index contributed by atoms with van der Waals surface area (Å²) in [7, 11) is 1.61. The van der Waals surface area contributed by atoms with Crippen LogP contribution in [0.2, 0.25) is 0 Å². The molecular weight excluding hydrogens is 336 g/mol. The Balaban J connectivity index is 2.01. The Morgan fingerprint density at radius 1 is 0.926 bits per heavy atom. The van der Waals surface area contributed by atoms with Gasteiger partial charge < -0.3 is 10.2 Å². The number of likely N-dealkylation sites (N-methyl/N-ethyl adjacent to an activating group) is 1. The Morgan fingerprint density at radius 2 is 1.52 bits per heavy atom. The normalized spacial score (nSPS) is 11.7. The van der Waals surface area contributed by atoms with Crippen LogP contribution in [0.3, 0.4) is 0 Å². The second kappa shape index (κ2) is 10.5. The minimum absolute atomic E-state index is 0.0154. The van der Waals surface area contributed by atoms with Gasteiger partial charge in [-0.1, -0.05) is 61.5 Å². The second-order valence-corrected chi connectivity index (χ2v) is 6.78. The summed E-state index contributed by atoms with van der Waals surface area (Å²) >= 11 is 0. The maximum Gasteiger partial charge on any atom is 0.242 e. The first-order valence-corrected chi connectivity index (χ1v) is 9.68. The molecule has 0 aliphatic carbocycles. The largest absolute Gasteiger partial charge is 0.357 e. The summed E-state index contributed by atoms with van der Waals surface area (Å²) in [6, 6.07) is 18.0. The van der Waals surface area contributed by atoms with Crippen molar-refractivity contribution in [3.8, 4) is 0 Å². The van der Waals surface area contributed by atoms with Crippen molar-refractivity contribution < 1.29 is 9.59 Å². The molecule has 0 aliphatic heterocycles. The van der Waals surface area contributed by atoms with Gasteiger partial charge in [0.2, 0.25) is 11.8 Å². The van der Waals surface area contributed by atoms with E-state index in [2.05, 4.69) is 36.5 Å². The fraction of sp³-hybridized carbons (Fsp3) is 0.391. The van der Waals surface area contributed by atoms with Gasteiger partial charge in [0, 0.05) is 20.0 Å². The van der Waals surface area contributed by atoms with Crippen LogP contribution in [0.5, 0.6) is 0 Å². The van der Waals surface area contributed by atoms with Gasteiger partial charge in [0.1, 0.15) is 6.04 Å². The van der Waals surface area contributed by atoms with E-state index in [4.69, 9.17) is 0 Å². The topological polar surface area (TPSA) is 49.4 Å². The maximum absolute atomic E-state index is 12.9. The van der Waals surface area contributed by atoms with Crippen molar-refractivity contribution in [3.05, 3.63) is 71.3 Å². The lowest BCUT2D eigenvalue weighted by molar-refractivity contribution is -0.139. The third-order valence-electron chi connectivity index (χ3n) is 4.96. The third-order valence-corrected chi connectivity index (χ3v) is 4.96. The number of hydrogen-bond acceptors (Lipinski definition) is 2. The van der Waals surface area contributed by atoms with Crippen LogP contribution < -0.4 is 5.32 Å². The zero-order valence-electron chi connectivity index (χ0n) is 16.6. The molecule has 2 rings (SSSR count). The summed E-state index contributed by atoms with van der Waals surface area (Å²) in [5.74, 6) is -0.120. The molecule has 0 bridgehead atoms. The number of hydrogen-bond donors (Lipinski definition) is 1. The van der Waals surface area contributed by atoms with E-state index in [0.717, 1.165) is 24.0 Å². The Labute approximate surface area is 162 Å². The molecule has 0 aliphatic rings. The molecule has 2 aromatic rings. The van der Waals surface area contributed by atoms with Gasteiger partial charge in [-0.3, -0.25) is 9.59 Å². The molecule has 1 N–H and O–H groups in total. The summed E-state index contributed by atoms with van der Waals surface area (Å²) in [6.45, 7) is 4.45. The Morgan fingerprint density at radius 3 is 2.11 bits per heavy atom. The number of benzene rings is 2. The molecule has 0 heterocycles. The first-order chi connectivity index (χ1) is 13.0. The van der Waals surface area contributed by atoms with E-state index in [1.54, 1.807) is 18.9 Å². The van der Waals surface area contributed by atoms with Gasteiger partial charge in [0.05, 0.1) is 0 Å². The molecule has 2 aromatic carbocycles. The van der Waals surface area contributed by atoms with E-state index < -0.39 is 6.04 Å². The van der Waals surface area contributed by atoms with Gasteiger partial charge in [0.25, 0.3) is 0 Å². The first kappa shape index (κ1) is 20.7. The summed E-state index contributed by atoms with van der Waals surface area (Å²) in [6.07, 6.45) is 2.84. The van der Waals surface area contributed by atoms with Crippen LogP contribution in [-0.4, -0.2) is 36.3 Å². The van der Waals surface area contributed by atoms with Crippen LogP contribution in [-0.2, 0) is 28.9 Å². The molecule has 0 saturated heterocycles. The number of nitrogens with one attached hydrogen (secondary N) is 1. The molecule has 4 nitrogen and oxygen atoms in total. The highest BCUT2D eigenvalue weighted by molar-refractivity contribution is 5.87. The van der Waals surface area contributed by atoms with Crippen LogP contribution in [0.4, 0.5) is 0 Å². The monoisotopic (exact) mass is 366 g/mol. The fourth-order valence-electron chi connectivity index (χ4n) is 3.12. The Bertz CT molecular complexity index is 726. The second-order valence-electron chi connectivity index (χ2n) is 6.78. The Hall–Kier alpha value is -2.62. The van der Waals surface area contributed by atoms with Gasteiger partial charge >= 0.3 is 0 Å². The van der Waals surface area contributed by atoms with E-state index in [9.17, 15) is 9.59 Å². The lowest BCUT2D eigenvalue weighted by atomic mass is 10.0. The van der Waals surface area contributed by atoms with Crippen LogP contribution in [0.1, 0.15) is 37.0 Å². The van der Waals surface area contributed by atoms with E-state index in [1.807, 2.05) is 30.3 Å². The van der Waals surface area contributed by atoms with Crippen LogP contribution in [0.25, 0.3) is 0 Å². The number of aryl methyl sites for hydroxylation is 2. The maximum atomic E-state index is 12.9. The fourth-order valence-corrected chi connectivity index (χ4v) is 3.12. The van der Waals surface area contributed by atoms with Crippen molar-refractivity contribution in [3.63, 3.8) is 0 Å². The summed E-state index contributed by atoms with van der Waals surface area (Å²) in [5, 5.41) is 2.65. The van der Waals surface area contributed by atoms with Crippen molar-refractivity contribution in [2.45, 2.75) is 45.6 Å². The van der Waals surface area contributed by atoms with Crippen LogP contribution in [0, 0.1) is 0 Å². The minimum atomic E-state index is -0.478. The zero-order chi connectivity index (χ0) is 19.6. The van der Waals surface area contributed by atoms with Gasteiger partial charge in [-0.2, -0.15) is 0 Å². The molecule has 1 unspecified atom stereocenters. The molecule has 4 heteroatoms. The van der Waals surface area contributed by atoms with Gasteiger partial charge in [-0.15, -0.1) is 0 Å². The summed E-state index contributed by atoms with van der Waals surface area (Å²) < 4.78 is 0. The van der Waals surface area contributed by atoms with Crippen LogP contribution >= 0.6 is 0 Å². The molecule has 2 amide bonds. The predicted molar refractivity (Wildman–Crippen MR) is 110 cm³/mol. The highest BCUT2D eigenvalue weighted by Gasteiger charge is 2.24. The standard InChI is InChI=1S/C23H30N2O2/c1-4-19-10-12-21(13-11-19)14-15-22(26)25(18(2)23(27)24-3)17-16-20-8-6-5-7-9-20/h5-13,18H,4,14-17H2,1-3H3,(H,24,27). The number of rotatable bonds is 9. The van der Waals surface area contributed by atoms with E-state index in [1.165, 1.54) is 5.56 Å². The minimum Gasteiger partial charge on any atom is -0.357 e. The molecule has 0 saturated carbocycles. The van der Waals surface area contributed by atoms with Crippen molar-refractivity contribution in [1.82, 2.24) is 10.2 Å². The lowest BCUT2D eigenvalue weighted by Crippen LogP contribution is -2.48. The molecular formula is C23H30N2O2. The van der Waals surface area contributed by atoms with Crippen molar-refractivity contribution >= 4 is 11.8 Å². The molecule has 0 aromatic heterocycles. The smallest absolute Gasteiger partial charge is 0.242 e. The highest BCUT2D eigenvalue weighted by atomic mass is 16.2. The predicted octanol–water partition coefficient (Wildman–Crippen LogP) is 3.39. The SMILES string of the molecule is CCc1ccc(CCC(=O)N(CCc2ccccc2)C(C)C(=O)NC)cc1. The Kier molecular flexibility index (Phi) is 8.05. The molecule has 0 fully saturated rings. The lowest BCUT2D eigenvalue weighted by Gasteiger charge is -2.28. The summed E-state index contributed by atoms with van der Waals surface area (Å²) in [5.41, 5.74) is 3.61. The quantitative estimate of drug-likeness (QED) is 0.740. The molecule has 144 valence electrons. The number of nitrogens with zero attached hydrogens (tertiary/aromatic N) is 1. The van der Waals surface area contributed by atoms with E-state index >= 15 is 0 Å². The van der Waals surface area contributed by atoms with Crippen molar-refractivity contribution in [2.75, 3.05) is 13.6 Å². The highest BCUT2D eigenvalue weighted by Crippen LogP contribution is 2.11. The zero-order valence-corrected chi connectivity index (χ0v) is 16.6. The number of amides is 2. The van der Waals surface area contributed by atoms with Gasteiger partial charge in [-0.25, -0.2) is 0 Å². The molecule has 0 radical (unpaired) electrons. The molecule has 27 heavy (non-hydrogen) atoms. The van der Waals surface area contributed by atoms with Gasteiger partial charge in [0.15, 0.2) is 0 Å². The van der Waals surface area contributed by atoms with E-state index in [0.29, 0.717) is 19.4 Å². The van der Waals surface area contributed by atoms with Crippen molar-refractivity contribution in [2.24, 2.45) is 0 Å².